The van der Waals surface area contributed by atoms with Crippen molar-refractivity contribution in [1.29, 1.82) is 0 Å². The molecule has 2 aliphatic heterocycles. The Morgan fingerprint density at radius 2 is 2.16 bits per heavy atom. The molecule has 2 aromatic rings. The predicted molar refractivity (Wildman–Crippen MR) is 117 cm³/mol. The number of hydrogen-bond donors (Lipinski definition) is 2. The van der Waals surface area contributed by atoms with Crippen LogP contribution in [-0.2, 0) is 23.1 Å². The quantitative estimate of drug-likeness (QED) is 0.377. The number of rotatable bonds is 8. The van der Waals surface area contributed by atoms with E-state index in [9.17, 15) is 0 Å². The molecule has 1 aromatic carbocycles. The van der Waals surface area contributed by atoms with Crippen LogP contribution in [0.25, 0.3) is 0 Å². The molecule has 1 aromatic heterocycles. The van der Waals surface area contributed by atoms with Gasteiger partial charge in [-0.1, -0.05) is 18.2 Å². The van der Waals surface area contributed by atoms with Gasteiger partial charge < -0.3 is 29.4 Å². The average Bonchev–Trinajstić information content (AvgIpc) is 3.42. The molecule has 2 atom stereocenters. The molecule has 0 aliphatic carbocycles. The van der Waals surface area contributed by atoms with Crippen molar-refractivity contribution < 1.29 is 14.2 Å². The van der Waals surface area contributed by atoms with Gasteiger partial charge in [0.15, 0.2) is 11.8 Å². The number of hydrogen-bond acceptors (Lipinski definition) is 6. The average molecular weight is 429 g/mol. The SMILES string of the molecule is Cc1nnc(CN=C(NCCCOC2CCOC2)NC2CCOc3ccccc32)n1C. The van der Waals surface area contributed by atoms with Crippen LogP contribution in [0.1, 0.15) is 42.5 Å². The molecule has 0 bridgehead atoms. The molecular formula is C22H32N6O3. The second-order valence-corrected chi connectivity index (χ2v) is 7.90. The summed E-state index contributed by atoms with van der Waals surface area (Å²) in [5.41, 5.74) is 1.15. The molecule has 1 fully saturated rings. The van der Waals surface area contributed by atoms with Crippen molar-refractivity contribution in [3.63, 3.8) is 0 Å². The number of para-hydroxylation sites is 1. The van der Waals surface area contributed by atoms with Gasteiger partial charge in [0.2, 0.25) is 0 Å². The van der Waals surface area contributed by atoms with E-state index in [1.807, 2.05) is 36.7 Å². The lowest BCUT2D eigenvalue weighted by atomic mass is 10.0. The Labute approximate surface area is 183 Å². The van der Waals surface area contributed by atoms with Crippen molar-refractivity contribution in [2.24, 2.45) is 12.0 Å². The third-order valence-electron chi connectivity index (χ3n) is 5.69. The van der Waals surface area contributed by atoms with Crippen LogP contribution in [0.4, 0.5) is 0 Å². The molecule has 2 aliphatic rings. The van der Waals surface area contributed by atoms with E-state index in [-0.39, 0.29) is 12.1 Å². The summed E-state index contributed by atoms with van der Waals surface area (Å²) >= 11 is 0. The number of guanidine groups is 1. The Hall–Kier alpha value is -2.65. The zero-order chi connectivity index (χ0) is 21.5. The molecule has 3 heterocycles. The number of benzene rings is 1. The lowest BCUT2D eigenvalue weighted by molar-refractivity contribution is 0.0420. The highest BCUT2D eigenvalue weighted by Gasteiger charge is 2.22. The third-order valence-corrected chi connectivity index (χ3v) is 5.69. The maximum Gasteiger partial charge on any atom is 0.192 e. The van der Waals surface area contributed by atoms with E-state index in [0.29, 0.717) is 26.4 Å². The Bertz CT molecular complexity index is 878. The molecule has 9 heteroatoms. The highest BCUT2D eigenvalue weighted by molar-refractivity contribution is 5.80. The Kier molecular flexibility index (Phi) is 7.37. The lowest BCUT2D eigenvalue weighted by Crippen LogP contribution is -2.41. The third kappa shape index (κ3) is 5.74. The van der Waals surface area contributed by atoms with Gasteiger partial charge in [0, 0.05) is 38.8 Å². The Morgan fingerprint density at radius 3 is 2.97 bits per heavy atom. The molecule has 31 heavy (non-hydrogen) atoms. The van der Waals surface area contributed by atoms with Gasteiger partial charge in [-0.15, -0.1) is 10.2 Å². The maximum atomic E-state index is 5.87. The van der Waals surface area contributed by atoms with Crippen molar-refractivity contribution in [2.75, 3.05) is 33.0 Å². The van der Waals surface area contributed by atoms with E-state index in [2.05, 4.69) is 26.9 Å². The normalized spacial score (nSPS) is 20.9. The van der Waals surface area contributed by atoms with Gasteiger partial charge in [-0.3, -0.25) is 0 Å². The van der Waals surface area contributed by atoms with Crippen LogP contribution >= 0.6 is 0 Å². The van der Waals surface area contributed by atoms with Gasteiger partial charge in [0.05, 0.1) is 25.4 Å². The molecule has 0 spiro atoms. The van der Waals surface area contributed by atoms with Crippen molar-refractivity contribution in [3.8, 4) is 5.75 Å². The molecule has 4 rings (SSSR count). The van der Waals surface area contributed by atoms with Gasteiger partial charge in [0.25, 0.3) is 0 Å². The zero-order valence-corrected chi connectivity index (χ0v) is 18.3. The molecular weight excluding hydrogens is 396 g/mol. The monoisotopic (exact) mass is 428 g/mol. The summed E-state index contributed by atoms with van der Waals surface area (Å²) in [5, 5.41) is 15.4. The van der Waals surface area contributed by atoms with Crippen LogP contribution in [0.2, 0.25) is 0 Å². The van der Waals surface area contributed by atoms with Gasteiger partial charge >= 0.3 is 0 Å². The van der Waals surface area contributed by atoms with Crippen LogP contribution in [0.3, 0.4) is 0 Å². The molecule has 0 amide bonds. The molecule has 9 nitrogen and oxygen atoms in total. The van der Waals surface area contributed by atoms with Crippen molar-refractivity contribution >= 4 is 5.96 Å². The van der Waals surface area contributed by atoms with Crippen LogP contribution in [0.15, 0.2) is 29.3 Å². The number of aliphatic imine (C=N–C) groups is 1. The summed E-state index contributed by atoms with van der Waals surface area (Å²) in [7, 11) is 1.96. The largest absolute Gasteiger partial charge is 0.493 e. The lowest BCUT2D eigenvalue weighted by Gasteiger charge is -2.28. The number of ether oxygens (including phenoxy) is 3. The Morgan fingerprint density at radius 1 is 1.26 bits per heavy atom. The number of fused-ring (bicyclic) bond motifs is 1. The summed E-state index contributed by atoms with van der Waals surface area (Å²) in [4.78, 5) is 4.78. The predicted octanol–water partition coefficient (Wildman–Crippen LogP) is 1.88. The summed E-state index contributed by atoms with van der Waals surface area (Å²) in [6.45, 7) is 6.06. The second kappa shape index (κ2) is 10.6. The maximum absolute atomic E-state index is 5.87. The van der Waals surface area contributed by atoms with E-state index < -0.39 is 0 Å². The highest BCUT2D eigenvalue weighted by Crippen LogP contribution is 2.31. The van der Waals surface area contributed by atoms with Crippen LogP contribution < -0.4 is 15.4 Å². The van der Waals surface area contributed by atoms with E-state index in [1.54, 1.807) is 0 Å². The fourth-order valence-electron chi connectivity index (χ4n) is 3.72. The number of nitrogens with zero attached hydrogens (tertiary/aromatic N) is 4. The molecule has 2 unspecified atom stereocenters. The molecule has 1 saturated heterocycles. The van der Waals surface area contributed by atoms with Gasteiger partial charge in [0.1, 0.15) is 18.1 Å². The van der Waals surface area contributed by atoms with Crippen molar-refractivity contribution in [1.82, 2.24) is 25.4 Å². The van der Waals surface area contributed by atoms with Crippen LogP contribution in [0.5, 0.6) is 5.75 Å². The molecule has 0 radical (unpaired) electrons. The van der Waals surface area contributed by atoms with Crippen LogP contribution in [0, 0.1) is 6.92 Å². The summed E-state index contributed by atoms with van der Waals surface area (Å²) in [5.74, 6) is 3.39. The Balaban J connectivity index is 1.37. The fourth-order valence-corrected chi connectivity index (χ4v) is 3.72. The first-order valence-corrected chi connectivity index (χ1v) is 11.0. The molecule has 2 N–H and O–H groups in total. The minimum absolute atomic E-state index is 0.143. The first kappa shape index (κ1) is 21.6. The number of aromatic nitrogens is 3. The fraction of sp³-hybridized carbons (Fsp3) is 0.591. The van der Waals surface area contributed by atoms with E-state index in [0.717, 1.165) is 61.3 Å². The second-order valence-electron chi connectivity index (χ2n) is 7.90. The van der Waals surface area contributed by atoms with E-state index in [4.69, 9.17) is 19.2 Å². The van der Waals surface area contributed by atoms with E-state index in [1.165, 1.54) is 0 Å². The summed E-state index contributed by atoms with van der Waals surface area (Å²) < 4.78 is 19.0. The zero-order valence-electron chi connectivity index (χ0n) is 18.3. The smallest absolute Gasteiger partial charge is 0.192 e. The van der Waals surface area contributed by atoms with Gasteiger partial charge in [-0.2, -0.15) is 0 Å². The van der Waals surface area contributed by atoms with Gasteiger partial charge in [-0.05, 0) is 25.8 Å². The highest BCUT2D eigenvalue weighted by atomic mass is 16.5. The van der Waals surface area contributed by atoms with E-state index >= 15 is 0 Å². The van der Waals surface area contributed by atoms with Crippen molar-refractivity contribution in [3.05, 3.63) is 41.5 Å². The minimum atomic E-state index is 0.143. The van der Waals surface area contributed by atoms with Crippen LogP contribution in [-0.4, -0.2) is 59.8 Å². The molecule has 168 valence electrons. The topological polar surface area (TPSA) is 94.8 Å². The minimum Gasteiger partial charge on any atom is -0.493 e. The molecule has 0 saturated carbocycles. The standard InChI is InChI=1S/C22H32N6O3/c1-16-26-27-21(28(16)2)14-24-22(23-10-5-11-30-17-8-12-29-15-17)25-19-9-13-31-20-7-4-3-6-18(19)20/h3-4,6-7,17,19H,5,8-15H2,1-2H3,(H2,23,24,25). The first-order valence-electron chi connectivity index (χ1n) is 11.0. The number of aryl methyl sites for hydroxylation is 1. The summed E-state index contributed by atoms with van der Waals surface area (Å²) in [6, 6.07) is 8.30. The summed E-state index contributed by atoms with van der Waals surface area (Å²) in [6.07, 6.45) is 3.00. The van der Waals surface area contributed by atoms with Crippen molar-refractivity contribution in [2.45, 2.75) is 44.9 Å². The van der Waals surface area contributed by atoms with Gasteiger partial charge in [-0.25, -0.2) is 4.99 Å². The number of nitrogens with one attached hydrogen (secondary N) is 2. The first-order chi connectivity index (χ1) is 15.2.